The van der Waals surface area contributed by atoms with Crippen molar-refractivity contribution < 1.29 is 9.53 Å². The van der Waals surface area contributed by atoms with Gasteiger partial charge in [0.25, 0.3) is 0 Å². The molecule has 0 radical (unpaired) electrons. The van der Waals surface area contributed by atoms with E-state index in [9.17, 15) is 4.79 Å². The van der Waals surface area contributed by atoms with Crippen molar-refractivity contribution in [2.24, 2.45) is 11.3 Å². The number of ether oxygens (including phenoxy) is 1. The normalized spacial score (nSPS) is 34.7. The Morgan fingerprint density at radius 3 is 2.64 bits per heavy atom. The predicted molar refractivity (Wildman–Crippen MR) is 41.3 cm³/mol. The van der Waals surface area contributed by atoms with Crippen LogP contribution in [0.2, 0.25) is 0 Å². The zero-order chi connectivity index (χ0) is 7.73. The van der Waals surface area contributed by atoms with Crippen molar-refractivity contribution in [3.05, 3.63) is 0 Å². The SMILES string of the molecule is O=CC1([C@@H]2CCOC2)CCC1. The Labute approximate surface area is 66.9 Å². The van der Waals surface area contributed by atoms with Crippen LogP contribution in [0, 0.1) is 11.3 Å². The summed E-state index contributed by atoms with van der Waals surface area (Å²) < 4.78 is 5.28. The monoisotopic (exact) mass is 154 g/mol. The second kappa shape index (κ2) is 2.59. The first-order valence-corrected chi connectivity index (χ1v) is 4.41. The fraction of sp³-hybridized carbons (Fsp3) is 0.889. The predicted octanol–water partition coefficient (Wildman–Crippen LogP) is 1.39. The lowest BCUT2D eigenvalue weighted by Gasteiger charge is -2.41. The van der Waals surface area contributed by atoms with Gasteiger partial charge in [-0.1, -0.05) is 6.42 Å². The average molecular weight is 154 g/mol. The molecule has 0 aromatic heterocycles. The molecule has 2 heteroatoms. The molecule has 1 aliphatic heterocycles. The van der Waals surface area contributed by atoms with Gasteiger partial charge >= 0.3 is 0 Å². The topological polar surface area (TPSA) is 26.3 Å². The lowest BCUT2D eigenvalue weighted by atomic mass is 9.62. The number of carbonyl (C=O) groups excluding carboxylic acids is 1. The second-order valence-electron chi connectivity index (χ2n) is 3.77. The highest BCUT2D eigenvalue weighted by atomic mass is 16.5. The van der Waals surface area contributed by atoms with Crippen molar-refractivity contribution in [2.75, 3.05) is 13.2 Å². The molecule has 62 valence electrons. The summed E-state index contributed by atoms with van der Waals surface area (Å²) in [5.74, 6) is 0.536. The van der Waals surface area contributed by atoms with E-state index in [1.807, 2.05) is 0 Å². The summed E-state index contributed by atoms with van der Waals surface area (Å²) in [5.41, 5.74) is 0.0382. The van der Waals surface area contributed by atoms with E-state index in [0.717, 1.165) is 32.5 Å². The number of rotatable bonds is 2. The van der Waals surface area contributed by atoms with E-state index in [1.54, 1.807) is 0 Å². The molecule has 1 saturated carbocycles. The summed E-state index contributed by atoms with van der Waals surface area (Å²) in [6, 6.07) is 0. The van der Waals surface area contributed by atoms with Gasteiger partial charge in [-0.25, -0.2) is 0 Å². The van der Waals surface area contributed by atoms with Crippen molar-refractivity contribution in [1.82, 2.24) is 0 Å². The molecule has 1 heterocycles. The highest BCUT2D eigenvalue weighted by Crippen LogP contribution is 2.48. The fourth-order valence-corrected chi connectivity index (χ4v) is 2.20. The van der Waals surface area contributed by atoms with Crippen LogP contribution in [-0.4, -0.2) is 19.5 Å². The minimum Gasteiger partial charge on any atom is -0.381 e. The van der Waals surface area contributed by atoms with Crippen molar-refractivity contribution in [3.63, 3.8) is 0 Å². The molecule has 0 unspecified atom stereocenters. The lowest BCUT2D eigenvalue weighted by Crippen LogP contribution is -2.39. The maximum atomic E-state index is 10.8. The van der Waals surface area contributed by atoms with Crippen LogP contribution in [0.15, 0.2) is 0 Å². The second-order valence-corrected chi connectivity index (χ2v) is 3.77. The van der Waals surface area contributed by atoms with Crippen molar-refractivity contribution in [1.29, 1.82) is 0 Å². The Hall–Kier alpha value is -0.370. The van der Waals surface area contributed by atoms with Gasteiger partial charge in [-0.3, -0.25) is 0 Å². The largest absolute Gasteiger partial charge is 0.381 e. The molecule has 0 aromatic rings. The van der Waals surface area contributed by atoms with E-state index in [1.165, 1.54) is 12.7 Å². The van der Waals surface area contributed by atoms with E-state index < -0.39 is 0 Å². The van der Waals surface area contributed by atoms with E-state index in [2.05, 4.69) is 0 Å². The van der Waals surface area contributed by atoms with Gasteiger partial charge in [-0.15, -0.1) is 0 Å². The maximum Gasteiger partial charge on any atom is 0.126 e. The molecule has 2 nitrogen and oxygen atoms in total. The van der Waals surface area contributed by atoms with Crippen LogP contribution in [0.5, 0.6) is 0 Å². The summed E-state index contributed by atoms with van der Waals surface area (Å²) in [7, 11) is 0. The molecule has 0 N–H and O–H groups in total. The van der Waals surface area contributed by atoms with E-state index in [-0.39, 0.29) is 5.41 Å². The Kier molecular flexibility index (Phi) is 1.72. The fourth-order valence-electron chi connectivity index (χ4n) is 2.20. The molecule has 0 bridgehead atoms. The van der Waals surface area contributed by atoms with Crippen LogP contribution in [0.3, 0.4) is 0 Å². The summed E-state index contributed by atoms with van der Waals surface area (Å²) in [4.78, 5) is 10.8. The molecule has 0 amide bonds. The molecule has 2 rings (SSSR count). The first-order chi connectivity index (χ1) is 5.37. The zero-order valence-corrected chi connectivity index (χ0v) is 6.71. The van der Waals surface area contributed by atoms with Gasteiger partial charge in [-0.05, 0) is 25.2 Å². The average Bonchev–Trinajstić information content (AvgIpc) is 2.39. The van der Waals surface area contributed by atoms with Gasteiger partial charge in [0, 0.05) is 12.0 Å². The minimum atomic E-state index is 0.0382. The third-order valence-electron chi connectivity index (χ3n) is 3.26. The van der Waals surface area contributed by atoms with E-state index in [4.69, 9.17) is 4.74 Å². The molecule has 2 fully saturated rings. The molecular weight excluding hydrogens is 140 g/mol. The number of carbonyl (C=O) groups is 1. The van der Waals surface area contributed by atoms with Crippen molar-refractivity contribution >= 4 is 6.29 Å². The van der Waals surface area contributed by atoms with Crippen LogP contribution in [0.25, 0.3) is 0 Å². The molecular formula is C9H14O2. The Morgan fingerprint density at radius 2 is 2.27 bits per heavy atom. The first-order valence-electron chi connectivity index (χ1n) is 4.41. The van der Waals surface area contributed by atoms with Gasteiger partial charge in [0.15, 0.2) is 0 Å². The van der Waals surface area contributed by atoms with Crippen LogP contribution < -0.4 is 0 Å². The lowest BCUT2D eigenvalue weighted by molar-refractivity contribution is -0.124. The van der Waals surface area contributed by atoms with Crippen LogP contribution in [0.1, 0.15) is 25.7 Å². The van der Waals surface area contributed by atoms with Gasteiger partial charge < -0.3 is 9.53 Å². The van der Waals surface area contributed by atoms with Gasteiger partial charge in [0.1, 0.15) is 6.29 Å². The molecule has 11 heavy (non-hydrogen) atoms. The quantitative estimate of drug-likeness (QED) is 0.562. The summed E-state index contributed by atoms with van der Waals surface area (Å²) in [6.45, 7) is 1.68. The van der Waals surface area contributed by atoms with Crippen LogP contribution in [0.4, 0.5) is 0 Å². The highest BCUT2D eigenvalue weighted by Gasteiger charge is 2.45. The molecule has 1 aliphatic carbocycles. The third kappa shape index (κ3) is 1.00. The molecule has 0 aromatic carbocycles. The number of hydrogen-bond donors (Lipinski definition) is 0. The molecule has 2 aliphatic rings. The standard InChI is InChI=1S/C9H14O2/c10-7-9(3-1-4-9)8-2-5-11-6-8/h7-8H,1-6H2/t8-/m1/s1. The van der Waals surface area contributed by atoms with E-state index >= 15 is 0 Å². The summed E-state index contributed by atoms with van der Waals surface area (Å²) in [5, 5.41) is 0. The van der Waals surface area contributed by atoms with Gasteiger partial charge in [0.05, 0.1) is 6.61 Å². The summed E-state index contributed by atoms with van der Waals surface area (Å²) >= 11 is 0. The Bertz CT molecular complexity index is 155. The summed E-state index contributed by atoms with van der Waals surface area (Å²) in [6.07, 6.45) is 5.71. The highest BCUT2D eigenvalue weighted by molar-refractivity contribution is 5.61. The van der Waals surface area contributed by atoms with Gasteiger partial charge in [-0.2, -0.15) is 0 Å². The first kappa shape index (κ1) is 7.29. The van der Waals surface area contributed by atoms with Crippen molar-refractivity contribution in [2.45, 2.75) is 25.7 Å². The smallest absolute Gasteiger partial charge is 0.126 e. The van der Waals surface area contributed by atoms with Crippen LogP contribution in [-0.2, 0) is 9.53 Å². The molecule has 0 spiro atoms. The molecule has 1 saturated heterocycles. The Morgan fingerprint density at radius 1 is 1.45 bits per heavy atom. The van der Waals surface area contributed by atoms with Gasteiger partial charge in [0.2, 0.25) is 0 Å². The van der Waals surface area contributed by atoms with Crippen molar-refractivity contribution in [3.8, 4) is 0 Å². The maximum absolute atomic E-state index is 10.8. The van der Waals surface area contributed by atoms with E-state index in [0.29, 0.717) is 5.92 Å². The minimum absolute atomic E-state index is 0.0382. The number of aldehydes is 1. The third-order valence-corrected chi connectivity index (χ3v) is 3.26. The Balaban J connectivity index is 2.04. The molecule has 1 atom stereocenters. The van der Waals surface area contributed by atoms with Crippen LogP contribution >= 0.6 is 0 Å². The zero-order valence-electron chi connectivity index (χ0n) is 6.71. The number of hydrogen-bond acceptors (Lipinski definition) is 2.